The van der Waals surface area contributed by atoms with E-state index in [0.29, 0.717) is 6.04 Å². The van der Waals surface area contributed by atoms with Gasteiger partial charge in [-0.25, -0.2) is 0 Å². The second kappa shape index (κ2) is 7.12. The van der Waals surface area contributed by atoms with Crippen LogP contribution in [0.15, 0.2) is 77.9 Å². The number of aliphatic hydroxyl groups is 1. The number of likely N-dealkylation sites (N-methyl/N-ethyl adjacent to an activating group) is 1. The highest BCUT2D eigenvalue weighted by atomic mass is 16.3. The minimum absolute atomic E-state index is 0.185. The quantitative estimate of drug-likeness (QED) is 0.810. The molecule has 0 amide bonds. The number of hydrogen-bond acceptors (Lipinski definition) is 1. The Morgan fingerprint density at radius 3 is 2.39 bits per heavy atom. The molecule has 0 saturated carbocycles. The molecule has 2 heteroatoms. The zero-order valence-electron chi connectivity index (χ0n) is 13.9. The fourth-order valence-corrected chi connectivity index (χ4v) is 3.57. The molecular formula is C21H26NO+. The van der Waals surface area contributed by atoms with Gasteiger partial charge in [0.05, 0.1) is 13.7 Å². The van der Waals surface area contributed by atoms with Crippen molar-refractivity contribution in [3.05, 3.63) is 77.9 Å². The van der Waals surface area contributed by atoms with Crippen molar-refractivity contribution in [3.8, 4) is 0 Å². The minimum atomic E-state index is 0.185. The first kappa shape index (κ1) is 16.0. The summed E-state index contributed by atoms with van der Waals surface area (Å²) in [5.74, 6) is 0. The molecule has 3 rings (SSSR count). The van der Waals surface area contributed by atoms with Crippen LogP contribution in [0.1, 0.15) is 19.3 Å². The summed E-state index contributed by atoms with van der Waals surface area (Å²) in [5, 5.41) is 9.27. The van der Waals surface area contributed by atoms with E-state index >= 15 is 0 Å². The fraction of sp³-hybridized carbons (Fsp3) is 0.333. The smallest absolute Gasteiger partial charge is 0.133 e. The van der Waals surface area contributed by atoms with Crippen LogP contribution in [0.4, 0.5) is 5.69 Å². The molecule has 0 spiro atoms. The minimum Gasteiger partial charge on any atom is -0.392 e. The van der Waals surface area contributed by atoms with Crippen LogP contribution in [-0.4, -0.2) is 31.3 Å². The Morgan fingerprint density at radius 1 is 1.04 bits per heavy atom. The van der Waals surface area contributed by atoms with Gasteiger partial charge in [0.2, 0.25) is 0 Å². The Hall–Kier alpha value is -1.90. The SMILES string of the molecule is C[N+](CC1=CC=C(CO)CC1)(c1ccccc1)C1C=CC=CC1. The summed E-state index contributed by atoms with van der Waals surface area (Å²) in [5.41, 5.74) is 3.97. The van der Waals surface area contributed by atoms with Crippen molar-refractivity contribution in [2.75, 3.05) is 20.2 Å². The van der Waals surface area contributed by atoms with E-state index in [1.165, 1.54) is 11.3 Å². The lowest BCUT2D eigenvalue weighted by Crippen LogP contribution is -2.54. The van der Waals surface area contributed by atoms with Crippen molar-refractivity contribution >= 4 is 5.69 Å². The summed E-state index contributed by atoms with van der Waals surface area (Å²) in [6.45, 7) is 1.20. The average Bonchev–Trinajstić information content (AvgIpc) is 2.64. The van der Waals surface area contributed by atoms with Crippen LogP contribution < -0.4 is 4.48 Å². The van der Waals surface area contributed by atoms with Gasteiger partial charge in [0.25, 0.3) is 0 Å². The van der Waals surface area contributed by atoms with Gasteiger partial charge in [-0.05, 0) is 42.2 Å². The Morgan fingerprint density at radius 2 is 1.78 bits per heavy atom. The van der Waals surface area contributed by atoms with Crippen molar-refractivity contribution in [2.24, 2.45) is 0 Å². The molecular weight excluding hydrogens is 282 g/mol. The monoisotopic (exact) mass is 308 g/mol. The van der Waals surface area contributed by atoms with E-state index in [9.17, 15) is 5.11 Å². The number of aliphatic hydroxyl groups excluding tert-OH is 1. The van der Waals surface area contributed by atoms with Crippen LogP contribution in [-0.2, 0) is 0 Å². The van der Waals surface area contributed by atoms with Gasteiger partial charge >= 0.3 is 0 Å². The molecule has 0 saturated heterocycles. The molecule has 2 nitrogen and oxygen atoms in total. The first-order chi connectivity index (χ1) is 11.2. The van der Waals surface area contributed by atoms with Crippen LogP contribution in [0.5, 0.6) is 0 Å². The van der Waals surface area contributed by atoms with Gasteiger partial charge in [-0.1, -0.05) is 48.6 Å². The number of nitrogens with zero attached hydrogens (tertiary/aromatic N) is 1. The van der Waals surface area contributed by atoms with Gasteiger partial charge in [0.15, 0.2) is 0 Å². The molecule has 120 valence electrons. The largest absolute Gasteiger partial charge is 0.392 e. The Labute approximate surface area is 139 Å². The van der Waals surface area contributed by atoms with E-state index in [4.69, 9.17) is 0 Å². The van der Waals surface area contributed by atoms with Gasteiger partial charge in [-0.15, -0.1) is 0 Å². The van der Waals surface area contributed by atoms with E-state index in [1.54, 1.807) is 0 Å². The number of allylic oxidation sites excluding steroid dienone is 4. The topological polar surface area (TPSA) is 20.2 Å². The first-order valence-corrected chi connectivity index (χ1v) is 8.45. The molecule has 0 aliphatic heterocycles. The molecule has 2 aliphatic rings. The molecule has 23 heavy (non-hydrogen) atoms. The lowest BCUT2D eigenvalue weighted by Gasteiger charge is -2.41. The molecule has 2 atom stereocenters. The maximum Gasteiger partial charge on any atom is 0.133 e. The third-order valence-corrected chi connectivity index (χ3v) is 5.09. The Balaban J connectivity index is 1.90. The van der Waals surface area contributed by atoms with Crippen LogP contribution in [0.3, 0.4) is 0 Å². The number of hydrogen-bond donors (Lipinski definition) is 1. The Kier molecular flexibility index (Phi) is 4.94. The van der Waals surface area contributed by atoms with E-state index < -0.39 is 0 Å². The third-order valence-electron chi connectivity index (χ3n) is 5.09. The van der Waals surface area contributed by atoms with Gasteiger partial charge in [0, 0.05) is 6.42 Å². The van der Waals surface area contributed by atoms with Crippen LogP contribution in [0.2, 0.25) is 0 Å². The first-order valence-electron chi connectivity index (χ1n) is 8.45. The Bertz CT molecular complexity index is 654. The van der Waals surface area contributed by atoms with Gasteiger partial charge in [0.1, 0.15) is 18.3 Å². The highest BCUT2D eigenvalue weighted by Gasteiger charge is 2.34. The summed E-state index contributed by atoms with van der Waals surface area (Å²) in [6, 6.07) is 11.3. The van der Waals surface area contributed by atoms with Gasteiger partial charge < -0.3 is 5.11 Å². The third kappa shape index (κ3) is 3.54. The molecule has 0 fully saturated rings. The van der Waals surface area contributed by atoms with Crippen LogP contribution in [0.25, 0.3) is 0 Å². The summed E-state index contributed by atoms with van der Waals surface area (Å²) in [7, 11) is 2.34. The van der Waals surface area contributed by atoms with Gasteiger partial charge in [-0.2, -0.15) is 0 Å². The number of para-hydroxylation sites is 1. The highest BCUT2D eigenvalue weighted by Crippen LogP contribution is 2.31. The zero-order valence-corrected chi connectivity index (χ0v) is 13.9. The molecule has 0 heterocycles. The van der Waals surface area contributed by atoms with Crippen molar-refractivity contribution in [2.45, 2.75) is 25.3 Å². The van der Waals surface area contributed by atoms with E-state index in [-0.39, 0.29) is 6.61 Å². The molecule has 2 unspecified atom stereocenters. The number of benzene rings is 1. The van der Waals surface area contributed by atoms with Crippen molar-refractivity contribution in [1.82, 2.24) is 4.48 Å². The van der Waals surface area contributed by atoms with E-state index in [1.807, 2.05) is 0 Å². The molecule has 1 N–H and O–H groups in total. The van der Waals surface area contributed by atoms with Crippen LogP contribution >= 0.6 is 0 Å². The fourth-order valence-electron chi connectivity index (χ4n) is 3.57. The number of rotatable bonds is 5. The lowest BCUT2D eigenvalue weighted by molar-refractivity contribution is 0.296. The zero-order chi connectivity index (χ0) is 16.1. The normalized spacial score (nSPS) is 23.1. The summed E-state index contributed by atoms with van der Waals surface area (Å²) >= 11 is 0. The highest BCUT2D eigenvalue weighted by molar-refractivity contribution is 5.46. The molecule has 1 aromatic carbocycles. The molecule has 2 aliphatic carbocycles. The number of quaternary nitrogens is 1. The van der Waals surface area contributed by atoms with Crippen molar-refractivity contribution < 1.29 is 5.11 Å². The molecule has 0 aromatic heterocycles. The standard InChI is InChI=1S/C21H26NO/c1-22(20-8-4-2-5-9-20,21-10-6-3-7-11-21)16-18-12-14-19(17-23)15-13-18/h2-10,12,14,21,23H,11,13,15-17H2,1H3/q+1. The van der Waals surface area contributed by atoms with Gasteiger partial charge in [-0.3, -0.25) is 4.48 Å². The van der Waals surface area contributed by atoms with E-state index in [0.717, 1.165) is 35.9 Å². The predicted molar refractivity (Wildman–Crippen MR) is 98.2 cm³/mol. The average molecular weight is 308 g/mol. The van der Waals surface area contributed by atoms with Crippen molar-refractivity contribution in [3.63, 3.8) is 0 Å². The maximum atomic E-state index is 9.27. The molecule has 1 aromatic rings. The lowest BCUT2D eigenvalue weighted by atomic mass is 9.95. The second-order valence-electron chi connectivity index (χ2n) is 6.69. The summed E-state index contributed by atoms with van der Waals surface area (Å²) < 4.78 is 0.899. The maximum absolute atomic E-state index is 9.27. The molecule has 0 bridgehead atoms. The summed E-state index contributed by atoms with van der Waals surface area (Å²) in [4.78, 5) is 0. The van der Waals surface area contributed by atoms with Crippen molar-refractivity contribution in [1.29, 1.82) is 0 Å². The van der Waals surface area contributed by atoms with E-state index in [2.05, 4.69) is 73.8 Å². The van der Waals surface area contributed by atoms with Crippen LogP contribution in [0, 0.1) is 0 Å². The summed E-state index contributed by atoms with van der Waals surface area (Å²) in [6.07, 6.45) is 16.4. The second-order valence-corrected chi connectivity index (χ2v) is 6.69. The molecule has 0 radical (unpaired) electrons. The predicted octanol–water partition coefficient (Wildman–Crippen LogP) is 4.15.